The standard InChI is InChI=1S/C16H21N3O2/c1-2-8-19-14(6-7-18-19)12-17-13-4-5-15-16(11-13)21-10-3-9-20-15/h4-7,11,17H,2-3,8-10,12H2,1H3. The van der Waals surface area contributed by atoms with Gasteiger partial charge in [-0.25, -0.2) is 0 Å². The van der Waals surface area contributed by atoms with Gasteiger partial charge in [0.15, 0.2) is 11.5 Å². The van der Waals surface area contributed by atoms with Crippen molar-refractivity contribution in [1.29, 1.82) is 0 Å². The Morgan fingerprint density at radius 2 is 2.05 bits per heavy atom. The van der Waals surface area contributed by atoms with Crippen molar-refractivity contribution in [3.8, 4) is 11.5 Å². The first-order valence-electron chi connectivity index (χ1n) is 7.51. The summed E-state index contributed by atoms with van der Waals surface area (Å²) in [5.74, 6) is 1.65. The van der Waals surface area contributed by atoms with E-state index in [1.165, 1.54) is 5.69 Å². The van der Waals surface area contributed by atoms with Crippen LogP contribution in [-0.2, 0) is 13.1 Å². The molecule has 3 rings (SSSR count). The second-order valence-electron chi connectivity index (χ2n) is 5.11. The highest BCUT2D eigenvalue weighted by molar-refractivity contribution is 5.55. The average Bonchev–Trinajstić information content (AvgIpc) is 2.81. The summed E-state index contributed by atoms with van der Waals surface area (Å²) >= 11 is 0. The van der Waals surface area contributed by atoms with Crippen molar-refractivity contribution in [2.45, 2.75) is 32.9 Å². The molecule has 0 spiro atoms. The summed E-state index contributed by atoms with van der Waals surface area (Å²) in [5, 5.41) is 7.75. The number of fused-ring (bicyclic) bond motifs is 1. The minimum absolute atomic E-state index is 0.708. The lowest BCUT2D eigenvalue weighted by molar-refractivity contribution is 0.297. The number of anilines is 1. The van der Waals surface area contributed by atoms with Crippen LogP contribution in [-0.4, -0.2) is 23.0 Å². The van der Waals surface area contributed by atoms with Crippen LogP contribution in [0.4, 0.5) is 5.69 Å². The van der Waals surface area contributed by atoms with E-state index in [0.29, 0.717) is 6.61 Å². The number of rotatable bonds is 5. The van der Waals surface area contributed by atoms with Crippen molar-refractivity contribution >= 4 is 5.69 Å². The third kappa shape index (κ3) is 3.29. The van der Waals surface area contributed by atoms with E-state index >= 15 is 0 Å². The highest BCUT2D eigenvalue weighted by Gasteiger charge is 2.10. The zero-order chi connectivity index (χ0) is 14.5. The number of aromatic nitrogens is 2. The van der Waals surface area contributed by atoms with Gasteiger partial charge in [-0.15, -0.1) is 0 Å². The quantitative estimate of drug-likeness (QED) is 0.918. The molecule has 1 aromatic carbocycles. The van der Waals surface area contributed by atoms with Gasteiger partial charge in [-0.3, -0.25) is 4.68 Å². The fraction of sp³-hybridized carbons (Fsp3) is 0.438. The molecule has 0 saturated carbocycles. The average molecular weight is 287 g/mol. The maximum atomic E-state index is 5.71. The fourth-order valence-corrected chi connectivity index (χ4v) is 2.39. The van der Waals surface area contributed by atoms with Gasteiger partial charge in [-0.05, 0) is 24.6 Å². The third-order valence-electron chi connectivity index (χ3n) is 3.46. The van der Waals surface area contributed by atoms with Gasteiger partial charge in [0.2, 0.25) is 0 Å². The van der Waals surface area contributed by atoms with Crippen LogP contribution in [0.5, 0.6) is 11.5 Å². The van der Waals surface area contributed by atoms with Crippen LogP contribution in [0, 0.1) is 0 Å². The SMILES string of the molecule is CCCn1nccc1CNc1ccc2c(c1)OCCCO2. The van der Waals surface area contributed by atoms with E-state index in [1.807, 2.05) is 35.1 Å². The molecular formula is C16H21N3O2. The van der Waals surface area contributed by atoms with Gasteiger partial charge in [0.1, 0.15) is 0 Å². The molecular weight excluding hydrogens is 266 g/mol. The predicted octanol–water partition coefficient (Wildman–Crippen LogP) is 3.07. The monoisotopic (exact) mass is 287 g/mol. The van der Waals surface area contributed by atoms with Crippen LogP contribution in [0.2, 0.25) is 0 Å². The predicted molar refractivity (Wildman–Crippen MR) is 81.9 cm³/mol. The summed E-state index contributed by atoms with van der Waals surface area (Å²) in [6.07, 6.45) is 3.85. The van der Waals surface area contributed by atoms with Crippen LogP contribution in [0.15, 0.2) is 30.5 Å². The van der Waals surface area contributed by atoms with Gasteiger partial charge in [0, 0.05) is 30.9 Å². The number of benzene rings is 1. The first-order chi connectivity index (χ1) is 10.4. The zero-order valence-corrected chi connectivity index (χ0v) is 12.3. The molecule has 1 aliphatic heterocycles. The fourth-order valence-electron chi connectivity index (χ4n) is 2.39. The summed E-state index contributed by atoms with van der Waals surface area (Å²) in [5.41, 5.74) is 2.22. The van der Waals surface area contributed by atoms with E-state index in [1.54, 1.807) is 0 Å². The molecule has 5 nitrogen and oxygen atoms in total. The lowest BCUT2D eigenvalue weighted by Gasteiger charge is -2.12. The number of hydrogen-bond donors (Lipinski definition) is 1. The summed E-state index contributed by atoms with van der Waals surface area (Å²) in [7, 11) is 0. The third-order valence-corrected chi connectivity index (χ3v) is 3.46. The number of hydrogen-bond acceptors (Lipinski definition) is 4. The van der Waals surface area contributed by atoms with E-state index in [0.717, 1.165) is 49.7 Å². The summed E-state index contributed by atoms with van der Waals surface area (Å²) < 4.78 is 13.4. The molecule has 1 aliphatic rings. The van der Waals surface area contributed by atoms with Gasteiger partial charge in [-0.1, -0.05) is 6.92 Å². The van der Waals surface area contributed by atoms with Crippen LogP contribution >= 0.6 is 0 Å². The summed E-state index contributed by atoms with van der Waals surface area (Å²) in [6.45, 7) is 5.28. The molecule has 0 amide bonds. The molecule has 5 heteroatoms. The van der Waals surface area contributed by atoms with Crippen LogP contribution in [0.3, 0.4) is 0 Å². The van der Waals surface area contributed by atoms with Crippen molar-refractivity contribution in [2.75, 3.05) is 18.5 Å². The number of nitrogens with zero attached hydrogens (tertiary/aromatic N) is 2. The highest BCUT2D eigenvalue weighted by atomic mass is 16.5. The van der Waals surface area contributed by atoms with Crippen LogP contribution in [0.25, 0.3) is 0 Å². The molecule has 0 radical (unpaired) electrons. The van der Waals surface area contributed by atoms with Gasteiger partial charge in [0.25, 0.3) is 0 Å². The van der Waals surface area contributed by atoms with Gasteiger partial charge >= 0.3 is 0 Å². The Balaban J connectivity index is 1.67. The maximum absolute atomic E-state index is 5.71. The molecule has 0 saturated heterocycles. The lowest BCUT2D eigenvalue weighted by atomic mass is 10.2. The highest BCUT2D eigenvalue weighted by Crippen LogP contribution is 2.32. The van der Waals surface area contributed by atoms with E-state index in [4.69, 9.17) is 9.47 Å². The smallest absolute Gasteiger partial charge is 0.163 e. The Labute approximate surface area is 124 Å². The lowest BCUT2D eigenvalue weighted by Crippen LogP contribution is -2.09. The van der Waals surface area contributed by atoms with Gasteiger partial charge < -0.3 is 14.8 Å². The minimum atomic E-state index is 0.708. The first-order valence-corrected chi connectivity index (χ1v) is 7.51. The van der Waals surface area contributed by atoms with Crippen molar-refractivity contribution in [2.24, 2.45) is 0 Å². The second-order valence-corrected chi connectivity index (χ2v) is 5.11. The Morgan fingerprint density at radius 3 is 2.90 bits per heavy atom. The summed E-state index contributed by atoms with van der Waals surface area (Å²) in [4.78, 5) is 0. The molecule has 2 aromatic rings. The largest absolute Gasteiger partial charge is 0.490 e. The van der Waals surface area contributed by atoms with E-state index < -0.39 is 0 Å². The number of ether oxygens (including phenoxy) is 2. The van der Waals surface area contributed by atoms with Crippen LogP contribution in [0.1, 0.15) is 25.5 Å². The van der Waals surface area contributed by atoms with Crippen molar-refractivity contribution in [1.82, 2.24) is 9.78 Å². The zero-order valence-electron chi connectivity index (χ0n) is 12.3. The minimum Gasteiger partial charge on any atom is -0.490 e. The molecule has 0 atom stereocenters. The van der Waals surface area contributed by atoms with Crippen molar-refractivity contribution in [3.05, 3.63) is 36.2 Å². The summed E-state index contributed by atoms with van der Waals surface area (Å²) in [6, 6.07) is 8.03. The molecule has 21 heavy (non-hydrogen) atoms. The van der Waals surface area contributed by atoms with Gasteiger partial charge in [-0.2, -0.15) is 5.10 Å². The van der Waals surface area contributed by atoms with E-state index in [9.17, 15) is 0 Å². The van der Waals surface area contributed by atoms with Crippen molar-refractivity contribution in [3.63, 3.8) is 0 Å². The van der Waals surface area contributed by atoms with Gasteiger partial charge in [0.05, 0.1) is 25.5 Å². The maximum Gasteiger partial charge on any atom is 0.163 e. The normalized spacial score (nSPS) is 13.8. The number of nitrogens with one attached hydrogen (secondary N) is 1. The Morgan fingerprint density at radius 1 is 1.19 bits per heavy atom. The topological polar surface area (TPSA) is 48.3 Å². The Kier molecular flexibility index (Phi) is 4.28. The van der Waals surface area contributed by atoms with Crippen LogP contribution < -0.4 is 14.8 Å². The molecule has 0 aliphatic carbocycles. The molecule has 0 fully saturated rings. The molecule has 2 heterocycles. The van der Waals surface area contributed by atoms with E-state index in [2.05, 4.69) is 17.3 Å². The Bertz CT molecular complexity index is 595. The molecule has 0 unspecified atom stereocenters. The molecule has 112 valence electrons. The second kappa shape index (κ2) is 6.52. The molecule has 0 bridgehead atoms. The first kappa shape index (κ1) is 13.8. The molecule has 1 N–H and O–H groups in total. The molecule has 1 aromatic heterocycles. The van der Waals surface area contributed by atoms with E-state index in [-0.39, 0.29) is 0 Å². The van der Waals surface area contributed by atoms with Crippen molar-refractivity contribution < 1.29 is 9.47 Å². The number of aryl methyl sites for hydroxylation is 1. The Hall–Kier alpha value is -2.17.